The lowest BCUT2D eigenvalue weighted by atomic mass is 10.2. The van der Waals surface area contributed by atoms with Gasteiger partial charge in [-0.15, -0.1) is 0 Å². The Kier molecular flexibility index (Phi) is 1.88. The van der Waals surface area contributed by atoms with E-state index in [9.17, 15) is 18.6 Å². The number of nitrogens with one attached hydrogen (secondary N) is 1. The molecule has 2 aromatic rings. The Morgan fingerprint density at radius 3 is 2.33 bits per heavy atom. The lowest BCUT2D eigenvalue weighted by Crippen LogP contribution is -2.12. The number of hydrogen-bond acceptors (Lipinski definition) is 4. The van der Waals surface area contributed by atoms with Crippen LogP contribution in [0, 0.1) is 0 Å². The molecular formula is C8H8N2O4S. The van der Waals surface area contributed by atoms with Crippen LogP contribution in [0.15, 0.2) is 23.2 Å². The Morgan fingerprint density at radius 1 is 1.13 bits per heavy atom. The fourth-order valence-corrected chi connectivity index (χ4v) is 1.83. The Morgan fingerprint density at radius 2 is 1.73 bits per heavy atom. The highest BCUT2D eigenvalue weighted by atomic mass is 32.2. The lowest BCUT2D eigenvalue weighted by Gasteiger charge is -1.95. The van der Waals surface area contributed by atoms with Gasteiger partial charge in [-0.05, 0) is 12.1 Å². The second-order valence-electron chi connectivity index (χ2n) is 3.11. The first kappa shape index (κ1) is 9.81. The Bertz CT molecular complexity index is 590. The van der Waals surface area contributed by atoms with Crippen molar-refractivity contribution in [2.75, 3.05) is 0 Å². The molecule has 0 aliphatic heterocycles. The molecular weight excluding hydrogens is 220 g/mol. The third-order valence-electron chi connectivity index (χ3n) is 2.00. The number of benzene rings is 1. The largest absolute Gasteiger partial charge is 0.504 e. The van der Waals surface area contributed by atoms with Gasteiger partial charge in [-0.1, -0.05) is 0 Å². The van der Waals surface area contributed by atoms with Gasteiger partial charge in [0.25, 0.3) is 10.0 Å². The number of hydrogen-bond donors (Lipinski definition) is 4. The van der Waals surface area contributed by atoms with Crippen molar-refractivity contribution in [2.45, 2.75) is 5.03 Å². The number of aromatic hydroxyl groups is 2. The average molecular weight is 228 g/mol. The van der Waals surface area contributed by atoms with Crippen LogP contribution in [-0.2, 0) is 10.0 Å². The second kappa shape index (κ2) is 2.88. The molecule has 80 valence electrons. The van der Waals surface area contributed by atoms with Crippen LogP contribution in [0.1, 0.15) is 0 Å². The first-order valence-corrected chi connectivity index (χ1v) is 5.50. The molecule has 6 nitrogen and oxygen atoms in total. The third kappa shape index (κ3) is 1.62. The maximum atomic E-state index is 11.0. The van der Waals surface area contributed by atoms with E-state index >= 15 is 0 Å². The molecule has 0 atom stereocenters. The average Bonchev–Trinajstić information content (AvgIpc) is 2.47. The van der Waals surface area contributed by atoms with Crippen LogP contribution in [0.2, 0.25) is 0 Å². The van der Waals surface area contributed by atoms with Crippen LogP contribution >= 0.6 is 0 Å². The summed E-state index contributed by atoms with van der Waals surface area (Å²) in [6, 6.07) is 3.75. The van der Waals surface area contributed by atoms with Gasteiger partial charge in [-0.2, -0.15) is 0 Å². The van der Waals surface area contributed by atoms with Crippen LogP contribution in [0.5, 0.6) is 11.5 Å². The van der Waals surface area contributed by atoms with Gasteiger partial charge in [0.15, 0.2) is 11.5 Å². The number of aromatic nitrogens is 1. The van der Waals surface area contributed by atoms with Gasteiger partial charge in [-0.3, -0.25) is 0 Å². The van der Waals surface area contributed by atoms with Crippen LogP contribution in [0.3, 0.4) is 0 Å². The van der Waals surface area contributed by atoms with Crippen LogP contribution in [0.4, 0.5) is 0 Å². The number of sulfonamides is 1. The van der Waals surface area contributed by atoms with Gasteiger partial charge in [-0.25, -0.2) is 13.6 Å². The molecule has 1 aromatic heterocycles. The van der Waals surface area contributed by atoms with Gasteiger partial charge >= 0.3 is 0 Å². The number of H-pyrrole nitrogens is 1. The summed E-state index contributed by atoms with van der Waals surface area (Å²) in [6.45, 7) is 0. The van der Waals surface area contributed by atoms with Gasteiger partial charge < -0.3 is 15.2 Å². The third-order valence-corrected chi connectivity index (χ3v) is 2.83. The molecule has 0 amide bonds. The number of fused-ring (bicyclic) bond motifs is 1. The van der Waals surface area contributed by atoms with E-state index in [-0.39, 0.29) is 16.5 Å². The quantitative estimate of drug-likeness (QED) is 0.522. The minimum Gasteiger partial charge on any atom is -0.504 e. The number of phenolic OH excluding ortho intramolecular Hbond substituents is 2. The van der Waals surface area contributed by atoms with Crippen LogP contribution < -0.4 is 5.14 Å². The lowest BCUT2D eigenvalue weighted by molar-refractivity contribution is 0.405. The van der Waals surface area contributed by atoms with E-state index in [2.05, 4.69) is 4.98 Å². The van der Waals surface area contributed by atoms with Crippen LogP contribution in [0.25, 0.3) is 10.9 Å². The number of phenols is 2. The summed E-state index contributed by atoms with van der Waals surface area (Å²) < 4.78 is 22.0. The maximum Gasteiger partial charge on any atom is 0.253 e. The minimum absolute atomic E-state index is 0.164. The van der Waals surface area contributed by atoms with E-state index in [1.54, 1.807) is 0 Å². The Hall–Kier alpha value is -1.73. The molecule has 0 radical (unpaired) electrons. The normalized spacial score (nSPS) is 12.1. The fraction of sp³-hybridized carbons (Fsp3) is 0. The minimum atomic E-state index is -3.81. The van der Waals surface area contributed by atoms with Crippen molar-refractivity contribution in [3.05, 3.63) is 18.2 Å². The van der Waals surface area contributed by atoms with E-state index < -0.39 is 10.0 Å². The van der Waals surface area contributed by atoms with Gasteiger partial charge in [0.1, 0.15) is 5.03 Å². The highest BCUT2D eigenvalue weighted by molar-refractivity contribution is 7.89. The molecule has 0 saturated carbocycles. The van der Waals surface area contributed by atoms with Crippen molar-refractivity contribution in [3.63, 3.8) is 0 Å². The predicted molar refractivity (Wildman–Crippen MR) is 53.0 cm³/mol. The van der Waals surface area contributed by atoms with Crippen molar-refractivity contribution in [1.29, 1.82) is 0 Å². The number of primary sulfonamides is 1. The molecule has 1 aromatic carbocycles. The first-order valence-electron chi connectivity index (χ1n) is 3.95. The predicted octanol–water partition coefficient (Wildman–Crippen LogP) is 0.227. The van der Waals surface area contributed by atoms with Gasteiger partial charge in [0.2, 0.25) is 0 Å². The smallest absolute Gasteiger partial charge is 0.253 e. The molecule has 1 heterocycles. The Balaban J connectivity index is 2.77. The van der Waals surface area contributed by atoms with Crippen molar-refractivity contribution in [1.82, 2.24) is 4.98 Å². The van der Waals surface area contributed by atoms with Crippen molar-refractivity contribution in [2.24, 2.45) is 5.14 Å². The monoisotopic (exact) mass is 228 g/mol. The molecule has 0 spiro atoms. The van der Waals surface area contributed by atoms with Crippen LogP contribution in [-0.4, -0.2) is 23.6 Å². The van der Waals surface area contributed by atoms with E-state index in [1.807, 2.05) is 0 Å². The van der Waals surface area contributed by atoms with Gasteiger partial charge in [0.05, 0.1) is 5.52 Å². The first-order chi connectivity index (χ1) is 6.88. The number of rotatable bonds is 1. The summed E-state index contributed by atoms with van der Waals surface area (Å²) in [7, 11) is -3.81. The highest BCUT2D eigenvalue weighted by Crippen LogP contribution is 2.30. The zero-order chi connectivity index (χ0) is 11.2. The summed E-state index contributed by atoms with van der Waals surface area (Å²) in [5.41, 5.74) is 0.384. The summed E-state index contributed by atoms with van der Waals surface area (Å²) in [5, 5.41) is 23.6. The molecule has 5 N–H and O–H groups in total. The fourth-order valence-electron chi connectivity index (χ4n) is 1.28. The van der Waals surface area contributed by atoms with E-state index in [4.69, 9.17) is 5.14 Å². The summed E-state index contributed by atoms with van der Waals surface area (Å²) >= 11 is 0. The molecule has 0 unspecified atom stereocenters. The zero-order valence-electron chi connectivity index (χ0n) is 7.43. The molecule has 0 fully saturated rings. The van der Waals surface area contributed by atoms with Gasteiger partial charge in [0, 0.05) is 11.5 Å². The molecule has 0 bridgehead atoms. The summed E-state index contributed by atoms with van der Waals surface area (Å²) in [4.78, 5) is 2.52. The zero-order valence-corrected chi connectivity index (χ0v) is 8.25. The number of aromatic amines is 1. The van der Waals surface area contributed by atoms with Crippen molar-refractivity contribution in [3.8, 4) is 11.5 Å². The molecule has 15 heavy (non-hydrogen) atoms. The molecule has 0 aliphatic carbocycles. The molecule has 2 rings (SSSR count). The standard InChI is InChI=1S/C8H8N2O4S/c9-15(13,14)8-2-4-1-6(11)7(12)3-5(4)10-8/h1-3,10-12H,(H2,9,13,14). The maximum absolute atomic E-state index is 11.0. The SMILES string of the molecule is NS(=O)(=O)c1cc2cc(O)c(O)cc2[nH]1. The van der Waals surface area contributed by atoms with Crippen molar-refractivity contribution < 1.29 is 18.6 Å². The van der Waals surface area contributed by atoms with Crippen molar-refractivity contribution >= 4 is 20.9 Å². The molecule has 0 saturated heterocycles. The summed E-state index contributed by atoms with van der Waals surface area (Å²) in [6.07, 6.45) is 0. The molecule has 0 aliphatic rings. The topological polar surface area (TPSA) is 116 Å². The second-order valence-corrected chi connectivity index (χ2v) is 4.64. The number of nitrogens with two attached hydrogens (primary N) is 1. The Labute approximate surface area is 85.0 Å². The van der Waals surface area contributed by atoms with E-state index in [0.717, 1.165) is 0 Å². The van der Waals surface area contributed by atoms with E-state index in [1.165, 1.54) is 18.2 Å². The highest BCUT2D eigenvalue weighted by Gasteiger charge is 2.12. The van der Waals surface area contributed by atoms with E-state index in [0.29, 0.717) is 10.9 Å². The molecule has 7 heteroatoms. The summed E-state index contributed by atoms with van der Waals surface area (Å²) in [5.74, 6) is -0.646.